The van der Waals surface area contributed by atoms with Crippen LogP contribution in [0.3, 0.4) is 0 Å². The zero-order valence-corrected chi connectivity index (χ0v) is 18.3. The highest BCUT2D eigenvalue weighted by Gasteiger charge is 2.27. The van der Waals surface area contributed by atoms with Crippen LogP contribution in [0.15, 0.2) is 41.8 Å². The molecule has 5 heteroatoms. The summed E-state index contributed by atoms with van der Waals surface area (Å²) >= 11 is 1.67. The minimum absolute atomic E-state index is 0.0779. The van der Waals surface area contributed by atoms with E-state index in [1.807, 2.05) is 37.1 Å². The largest absolute Gasteiger partial charge is 0.340 e. The fourth-order valence-corrected chi connectivity index (χ4v) is 5.07. The second kappa shape index (κ2) is 8.54. The Morgan fingerprint density at radius 1 is 1.17 bits per heavy atom. The molecule has 0 bridgehead atoms. The van der Waals surface area contributed by atoms with Gasteiger partial charge in [-0.3, -0.25) is 4.79 Å². The lowest BCUT2D eigenvalue weighted by molar-refractivity contribution is 0.0784. The van der Waals surface area contributed by atoms with Gasteiger partial charge in [0, 0.05) is 30.7 Å². The van der Waals surface area contributed by atoms with Gasteiger partial charge in [-0.25, -0.2) is 4.98 Å². The summed E-state index contributed by atoms with van der Waals surface area (Å²) in [6.45, 7) is 4.74. The molecule has 1 amide bonds. The number of hydrogen-bond donors (Lipinski definition) is 0. The first-order chi connectivity index (χ1) is 14.0. The summed E-state index contributed by atoms with van der Waals surface area (Å²) in [4.78, 5) is 19.9. The molecule has 152 valence electrons. The second-order valence-electron chi connectivity index (χ2n) is 8.09. The van der Waals surface area contributed by atoms with Crippen LogP contribution < -0.4 is 0 Å². The lowest BCUT2D eigenvalue weighted by Gasteiger charge is -2.27. The van der Waals surface area contributed by atoms with E-state index in [1.165, 1.54) is 32.1 Å². The SMILES string of the molecule is Cc1nc(-c2cc(C(=O)N(C)Cc3ccccc3)c(C)n2C2CCCCC2)cs1. The first-order valence-corrected chi connectivity index (χ1v) is 11.4. The summed E-state index contributed by atoms with van der Waals surface area (Å²) in [6.07, 6.45) is 6.19. The highest BCUT2D eigenvalue weighted by molar-refractivity contribution is 7.09. The van der Waals surface area contributed by atoms with Crippen molar-refractivity contribution in [2.45, 2.75) is 58.5 Å². The number of amides is 1. The molecule has 2 heterocycles. The molecule has 1 fully saturated rings. The van der Waals surface area contributed by atoms with Crippen molar-refractivity contribution < 1.29 is 4.79 Å². The van der Waals surface area contributed by atoms with Crippen LogP contribution in [0.25, 0.3) is 11.4 Å². The fourth-order valence-electron chi connectivity index (χ4n) is 4.46. The van der Waals surface area contributed by atoms with Crippen molar-refractivity contribution in [2.75, 3.05) is 7.05 Å². The van der Waals surface area contributed by atoms with Gasteiger partial charge in [0.05, 0.1) is 22.0 Å². The van der Waals surface area contributed by atoms with Crippen molar-refractivity contribution in [1.82, 2.24) is 14.5 Å². The summed E-state index contributed by atoms with van der Waals surface area (Å²) in [6, 6.07) is 12.7. The van der Waals surface area contributed by atoms with E-state index >= 15 is 0 Å². The molecular weight excluding hydrogens is 378 g/mol. The van der Waals surface area contributed by atoms with Gasteiger partial charge in [-0.2, -0.15) is 0 Å². The molecule has 1 saturated carbocycles. The van der Waals surface area contributed by atoms with Crippen molar-refractivity contribution in [3.05, 3.63) is 63.6 Å². The lowest BCUT2D eigenvalue weighted by atomic mass is 9.95. The highest BCUT2D eigenvalue weighted by atomic mass is 32.1. The van der Waals surface area contributed by atoms with Crippen molar-refractivity contribution in [3.8, 4) is 11.4 Å². The zero-order valence-electron chi connectivity index (χ0n) is 17.5. The monoisotopic (exact) mass is 407 g/mol. The third-order valence-electron chi connectivity index (χ3n) is 5.95. The number of carbonyl (C=O) groups is 1. The average Bonchev–Trinajstić information content (AvgIpc) is 3.32. The number of aromatic nitrogens is 2. The van der Waals surface area contributed by atoms with Gasteiger partial charge in [0.2, 0.25) is 0 Å². The van der Waals surface area contributed by atoms with Crippen LogP contribution in [0, 0.1) is 13.8 Å². The third-order valence-corrected chi connectivity index (χ3v) is 6.73. The average molecular weight is 408 g/mol. The first-order valence-electron chi connectivity index (χ1n) is 10.5. The van der Waals surface area contributed by atoms with Gasteiger partial charge < -0.3 is 9.47 Å². The van der Waals surface area contributed by atoms with Gasteiger partial charge in [0.15, 0.2) is 0 Å². The fraction of sp³-hybridized carbons (Fsp3) is 0.417. The Morgan fingerprint density at radius 3 is 2.55 bits per heavy atom. The van der Waals surface area contributed by atoms with E-state index in [9.17, 15) is 4.79 Å². The van der Waals surface area contributed by atoms with E-state index < -0.39 is 0 Å². The maximum Gasteiger partial charge on any atom is 0.255 e. The number of carbonyl (C=O) groups excluding carboxylic acids is 1. The Balaban J connectivity index is 1.69. The van der Waals surface area contributed by atoms with Crippen LogP contribution in [-0.2, 0) is 6.54 Å². The number of rotatable bonds is 5. The predicted molar refractivity (Wildman–Crippen MR) is 119 cm³/mol. The smallest absolute Gasteiger partial charge is 0.255 e. The van der Waals surface area contributed by atoms with Crippen LogP contribution in [0.5, 0.6) is 0 Å². The first kappa shape index (κ1) is 19.9. The van der Waals surface area contributed by atoms with Crippen LogP contribution in [0.4, 0.5) is 0 Å². The number of thiazole rings is 1. The van der Waals surface area contributed by atoms with Crippen molar-refractivity contribution in [2.24, 2.45) is 0 Å². The van der Waals surface area contributed by atoms with Gasteiger partial charge in [0.25, 0.3) is 5.91 Å². The van der Waals surface area contributed by atoms with Crippen LogP contribution in [0.2, 0.25) is 0 Å². The number of benzene rings is 1. The minimum Gasteiger partial charge on any atom is -0.340 e. The summed E-state index contributed by atoms with van der Waals surface area (Å²) < 4.78 is 2.40. The second-order valence-corrected chi connectivity index (χ2v) is 9.15. The maximum absolute atomic E-state index is 13.3. The van der Waals surface area contributed by atoms with E-state index in [1.54, 1.807) is 11.3 Å². The van der Waals surface area contributed by atoms with Crippen LogP contribution in [-0.4, -0.2) is 27.4 Å². The molecule has 2 aromatic heterocycles. The molecule has 4 rings (SSSR count). The van der Waals surface area contributed by atoms with E-state index in [4.69, 9.17) is 4.98 Å². The van der Waals surface area contributed by atoms with E-state index in [0.717, 1.165) is 33.2 Å². The summed E-state index contributed by atoms with van der Waals surface area (Å²) in [5.74, 6) is 0.0779. The quantitative estimate of drug-likeness (QED) is 0.520. The standard InChI is InChI=1S/C24H29N3OS/c1-17-21(24(28)26(3)15-19-10-6-4-7-11-19)14-23(22-16-29-18(2)25-22)27(17)20-12-8-5-9-13-20/h4,6-7,10-11,14,16,20H,5,8-9,12-13,15H2,1-3H3. The van der Waals surface area contributed by atoms with Crippen LogP contribution >= 0.6 is 11.3 Å². The lowest BCUT2D eigenvalue weighted by Crippen LogP contribution is -2.26. The Hall–Kier alpha value is -2.40. The zero-order chi connectivity index (χ0) is 20.4. The summed E-state index contributed by atoms with van der Waals surface area (Å²) in [5.41, 5.74) is 5.10. The summed E-state index contributed by atoms with van der Waals surface area (Å²) in [5, 5.41) is 3.17. The molecule has 0 N–H and O–H groups in total. The number of aryl methyl sites for hydroxylation is 1. The molecule has 4 nitrogen and oxygen atoms in total. The predicted octanol–water partition coefficient (Wildman–Crippen LogP) is 6.01. The normalized spacial score (nSPS) is 14.9. The molecule has 0 saturated heterocycles. The molecule has 0 atom stereocenters. The van der Waals surface area contributed by atoms with Gasteiger partial charge in [-0.05, 0) is 38.3 Å². The third kappa shape index (κ3) is 4.15. The van der Waals surface area contributed by atoms with Gasteiger partial charge >= 0.3 is 0 Å². The molecule has 1 aliphatic carbocycles. The van der Waals surface area contributed by atoms with Gasteiger partial charge in [-0.15, -0.1) is 11.3 Å². The van der Waals surface area contributed by atoms with Gasteiger partial charge in [-0.1, -0.05) is 49.6 Å². The molecule has 0 unspecified atom stereocenters. The molecule has 0 spiro atoms. The van der Waals surface area contributed by atoms with Crippen molar-refractivity contribution >= 4 is 17.2 Å². The van der Waals surface area contributed by atoms with Crippen molar-refractivity contribution in [3.63, 3.8) is 0 Å². The Kier molecular flexibility index (Phi) is 5.86. The minimum atomic E-state index is 0.0779. The molecule has 0 aliphatic heterocycles. The number of nitrogens with zero attached hydrogens (tertiary/aromatic N) is 3. The van der Waals surface area contributed by atoms with E-state index in [-0.39, 0.29) is 5.91 Å². The highest BCUT2D eigenvalue weighted by Crippen LogP contribution is 2.37. The Labute approximate surface area is 177 Å². The molecule has 1 aromatic carbocycles. The molecule has 3 aromatic rings. The summed E-state index contributed by atoms with van der Waals surface area (Å²) in [7, 11) is 1.89. The molecule has 1 aliphatic rings. The van der Waals surface area contributed by atoms with E-state index in [2.05, 4.69) is 35.1 Å². The molecular formula is C24H29N3OS. The van der Waals surface area contributed by atoms with Crippen molar-refractivity contribution in [1.29, 1.82) is 0 Å². The number of hydrogen-bond acceptors (Lipinski definition) is 3. The van der Waals surface area contributed by atoms with Crippen LogP contribution in [0.1, 0.15) is 64.8 Å². The Bertz CT molecular complexity index is 983. The topological polar surface area (TPSA) is 38.1 Å². The molecule has 0 radical (unpaired) electrons. The van der Waals surface area contributed by atoms with E-state index in [0.29, 0.717) is 12.6 Å². The Morgan fingerprint density at radius 2 is 1.90 bits per heavy atom. The van der Waals surface area contributed by atoms with Gasteiger partial charge in [0.1, 0.15) is 0 Å². The maximum atomic E-state index is 13.3. The molecule has 29 heavy (non-hydrogen) atoms.